The fraction of sp³-hybridized carbons (Fsp3) is 0.571. The summed E-state index contributed by atoms with van der Waals surface area (Å²) in [5.74, 6) is 0.416. The maximum atomic E-state index is 10.8. The molecule has 2 heteroatoms. The van der Waals surface area contributed by atoms with Crippen LogP contribution in [0.4, 0.5) is 0 Å². The normalized spacial score (nSPS) is 31.8. The summed E-state index contributed by atoms with van der Waals surface area (Å²) in [5.41, 5.74) is 0. The van der Waals surface area contributed by atoms with E-state index in [-0.39, 0.29) is 6.04 Å². The summed E-state index contributed by atoms with van der Waals surface area (Å²) < 4.78 is 0. The average molecular weight is 123 g/mol. The summed E-state index contributed by atoms with van der Waals surface area (Å²) in [6, 6.07) is 0.259. The summed E-state index contributed by atoms with van der Waals surface area (Å²) in [5, 5.41) is 0. The van der Waals surface area contributed by atoms with Gasteiger partial charge in [-0.15, -0.1) is 0 Å². The molecule has 0 spiro atoms. The molecule has 0 bridgehead atoms. The number of hydrogen-bond donors (Lipinski definition) is 0. The number of hydrogen-bond acceptors (Lipinski definition) is 2. The van der Waals surface area contributed by atoms with E-state index in [2.05, 4.69) is 11.0 Å². The van der Waals surface area contributed by atoms with E-state index in [0.717, 1.165) is 12.8 Å². The van der Waals surface area contributed by atoms with Crippen LogP contribution >= 0.6 is 0 Å². The highest BCUT2D eigenvalue weighted by atomic mass is 16.1. The van der Waals surface area contributed by atoms with Gasteiger partial charge in [0, 0.05) is 0 Å². The van der Waals surface area contributed by atoms with E-state index in [1.165, 1.54) is 0 Å². The van der Waals surface area contributed by atoms with Crippen LogP contribution in [0.5, 0.6) is 0 Å². The first-order valence-corrected chi connectivity index (χ1v) is 3.33. The number of fused-ring (bicyclic) bond motifs is 1. The van der Waals surface area contributed by atoms with E-state index < -0.39 is 0 Å². The van der Waals surface area contributed by atoms with Gasteiger partial charge in [0.05, 0.1) is 12.6 Å². The van der Waals surface area contributed by atoms with Gasteiger partial charge in [-0.05, 0) is 19.0 Å². The molecule has 0 N–H and O–H groups in total. The Morgan fingerprint density at radius 3 is 3.11 bits per heavy atom. The van der Waals surface area contributed by atoms with Crippen molar-refractivity contribution in [1.29, 1.82) is 0 Å². The third-order valence-corrected chi connectivity index (χ3v) is 2.01. The first kappa shape index (κ1) is 5.03. The minimum absolute atomic E-state index is 0.259. The Labute approximate surface area is 54.1 Å². The number of nitrogens with zero attached hydrogens (tertiary/aromatic N) is 1. The van der Waals surface area contributed by atoms with Gasteiger partial charge >= 0.3 is 0 Å². The van der Waals surface area contributed by atoms with Gasteiger partial charge in [-0.2, -0.15) is 0 Å². The fourth-order valence-corrected chi connectivity index (χ4v) is 1.42. The molecule has 0 amide bonds. The van der Waals surface area contributed by atoms with Crippen LogP contribution in [0, 0.1) is 0 Å². The number of Topliss-reactive ketones (excluding diaryl/α,β-unsaturated/α-hetero) is 1. The molecular weight excluding hydrogens is 114 g/mol. The Morgan fingerprint density at radius 1 is 1.67 bits per heavy atom. The van der Waals surface area contributed by atoms with E-state index in [1.54, 1.807) is 0 Å². The topological polar surface area (TPSA) is 20.3 Å². The zero-order valence-electron chi connectivity index (χ0n) is 5.21. The van der Waals surface area contributed by atoms with E-state index in [9.17, 15) is 4.79 Å². The molecule has 1 fully saturated rings. The molecule has 2 nitrogen and oxygen atoms in total. The lowest BCUT2D eigenvalue weighted by molar-refractivity contribution is -0.133. The van der Waals surface area contributed by atoms with Crippen molar-refractivity contribution in [2.45, 2.75) is 18.9 Å². The predicted octanol–water partition coefficient (Wildman–Crippen LogP) is 0.547. The van der Waals surface area contributed by atoms with Crippen molar-refractivity contribution in [2.75, 3.05) is 6.54 Å². The van der Waals surface area contributed by atoms with Gasteiger partial charge < -0.3 is 4.90 Å². The van der Waals surface area contributed by atoms with Crippen LogP contribution < -0.4 is 0 Å². The molecule has 0 aromatic heterocycles. The van der Waals surface area contributed by atoms with E-state index >= 15 is 0 Å². The molecule has 0 aromatic carbocycles. The van der Waals surface area contributed by atoms with Crippen LogP contribution in [0.15, 0.2) is 12.3 Å². The second-order valence-corrected chi connectivity index (χ2v) is 2.62. The molecular formula is C7H9NO. The number of carbonyl (C=O) groups excluding carboxylic acids is 1. The molecule has 2 rings (SSSR count). The van der Waals surface area contributed by atoms with E-state index in [0.29, 0.717) is 12.3 Å². The van der Waals surface area contributed by atoms with Gasteiger partial charge in [-0.25, -0.2) is 0 Å². The second-order valence-electron chi connectivity index (χ2n) is 2.62. The van der Waals surface area contributed by atoms with Crippen molar-refractivity contribution in [3.63, 3.8) is 0 Å². The van der Waals surface area contributed by atoms with Crippen molar-refractivity contribution in [3.8, 4) is 0 Å². The third kappa shape index (κ3) is 0.590. The summed E-state index contributed by atoms with van der Waals surface area (Å²) in [4.78, 5) is 12.9. The van der Waals surface area contributed by atoms with Gasteiger partial charge in [0.2, 0.25) is 0 Å². The maximum Gasteiger partial charge on any atom is 0.174 e. The molecule has 1 atom stereocenters. The average Bonchev–Trinajstić information content (AvgIpc) is 1.86. The van der Waals surface area contributed by atoms with Crippen molar-refractivity contribution in [3.05, 3.63) is 12.3 Å². The lowest BCUT2D eigenvalue weighted by Gasteiger charge is -2.40. The predicted molar refractivity (Wildman–Crippen MR) is 33.9 cm³/mol. The monoisotopic (exact) mass is 123 g/mol. The lowest BCUT2D eigenvalue weighted by atomic mass is 9.94. The molecule has 1 saturated heterocycles. The molecule has 2 heterocycles. The van der Waals surface area contributed by atoms with Gasteiger partial charge in [0.1, 0.15) is 0 Å². The fourth-order valence-electron chi connectivity index (χ4n) is 1.42. The zero-order chi connectivity index (χ0) is 6.27. The minimum atomic E-state index is 0.259. The third-order valence-electron chi connectivity index (χ3n) is 2.01. The largest absolute Gasteiger partial charge is 0.360 e. The van der Waals surface area contributed by atoms with E-state index in [4.69, 9.17) is 0 Å². The molecule has 9 heavy (non-hydrogen) atoms. The first-order chi connectivity index (χ1) is 4.38. The Kier molecular flexibility index (Phi) is 0.891. The molecule has 0 aromatic rings. The van der Waals surface area contributed by atoms with Crippen molar-refractivity contribution >= 4 is 5.78 Å². The second kappa shape index (κ2) is 1.59. The van der Waals surface area contributed by atoms with Crippen LogP contribution in [0.1, 0.15) is 12.8 Å². The molecule has 48 valence electrons. The Bertz CT molecular complexity index is 174. The van der Waals surface area contributed by atoms with Crippen molar-refractivity contribution in [1.82, 2.24) is 4.90 Å². The number of carbonyl (C=O) groups is 1. The van der Waals surface area contributed by atoms with Crippen LogP contribution in [-0.2, 0) is 4.79 Å². The summed E-state index contributed by atoms with van der Waals surface area (Å²) >= 11 is 0. The zero-order valence-corrected chi connectivity index (χ0v) is 5.21. The Morgan fingerprint density at radius 2 is 2.56 bits per heavy atom. The first-order valence-electron chi connectivity index (χ1n) is 3.33. The van der Waals surface area contributed by atoms with Crippen molar-refractivity contribution in [2.24, 2.45) is 0 Å². The highest BCUT2D eigenvalue weighted by Crippen LogP contribution is 2.22. The van der Waals surface area contributed by atoms with Gasteiger partial charge in [-0.1, -0.05) is 6.08 Å². The van der Waals surface area contributed by atoms with Crippen LogP contribution in [0.25, 0.3) is 0 Å². The Hall–Kier alpha value is -0.790. The minimum Gasteiger partial charge on any atom is -0.360 e. The summed E-state index contributed by atoms with van der Waals surface area (Å²) in [6.45, 7) is 0.654. The molecule has 0 saturated carbocycles. The molecule has 0 radical (unpaired) electrons. The van der Waals surface area contributed by atoms with Gasteiger partial charge in [0.25, 0.3) is 0 Å². The standard InChI is InChI=1S/C7H9NO/c9-7-5-8-4-2-1-3-6(7)8/h2,4,6H,1,3,5H2. The molecule has 1 unspecified atom stereocenters. The van der Waals surface area contributed by atoms with Crippen molar-refractivity contribution < 1.29 is 4.79 Å². The smallest absolute Gasteiger partial charge is 0.174 e. The quantitative estimate of drug-likeness (QED) is 0.468. The summed E-state index contributed by atoms with van der Waals surface area (Å²) in [6.07, 6.45) is 6.28. The van der Waals surface area contributed by atoms with Gasteiger partial charge in [0.15, 0.2) is 5.78 Å². The van der Waals surface area contributed by atoms with Crippen LogP contribution in [0.2, 0.25) is 0 Å². The SMILES string of the molecule is O=C1CN2C=CCCC12. The molecule has 0 aliphatic carbocycles. The number of rotatable bonds is 0. The lowest BCUT2D eigenvalue weighted by Crippen LogP contribution is -2.54. The van der Waals surface area contributed by atoms with Crippen LogP contribution in [-0.4, -0.2) is 23.3 Å². The number of ketones is 1. The summed E-state index contributed by atoms with van der Waals surface area (Å²) in [7, 11) is 0. The highest BCUT2D eigenvalue weighted by molar-refractivity contribution is 5.91. The Balaban J connectivity index is 2.14. The maximum absolute atomic E-state index is 10.8. The van der Waals surface area contributed by atoms with E-state index in [1.807, 2.05) is 6.20 Å². The van der Waals surface area contributed by atoms with Gasteiger partial charge in [-0.3, -0.25) is 4.79 Å². The highest BCUT2D eigenvalue weighted by Gasteiger charge is 2.35. The molecule has 2 aliphatic heterocycles. The van der Waals surface area contributed by atoms with Crippen LogP contribution in [0.3, 0.4) is 0 Å². The number of allylic oxidation sites excluding steroid dienone is 1. The molecule has 2 aliphatic rings.